The zero-order valence-electron chi connectivity index (χ0n) is 16.0. The Bertz CT molecular complexity index is 1170. The number of rotatable bonds is 4. The molecule has 0 fully saturated rings. The fourth-order valence-corrected chi connectivity index (χ4v) is 4.59. The lowest BCUT2D eigenvalue weighted by Crippen LogP contribution is -2.47. The number of halogens is 2. The predicted octanol–water partition coefficient (Wildman–Crippen LogP) is 3.11. The fourth-order valence-electron chi connectivity index (χ4n) is 3.02. The van der Waals surface area contributed by atoms with Crippen molar-refractivity contribution in [1.82, 2.24) is 20.0 Å². The van der Waals surface area contributed by atoms with Crippen molar-refractivity contribution >= 4 is 56.9 Å². The van der Waals surface area contributed by atoms with Crippen LogP contribution in [0.5, 0.6) is 0 Å². The number of nitrogens with one attached hydrogen (secondary N) is 2. The average molecular weight is 474 g/mol. The number of hydrogen-bond acceptors (Lipinski definition) is 6. The summed E-state index contributed by atoms with van der Waals surface area (Å²) in [7, 11) is -4.37. The highest BCUT2D eigenvalue weighted by Crippen LogP contribution is 2.41. The van der Waals surface area contributed by atoms with Crippen LogP contribution in [0, 0.1) is 6.92 Å². The van der Waals surface area contributed by atoms with Crippen LogP contribution in [0.3, 0.4) is 0 Å². The molecule has 2 amide bonds. The van der Waals surface area contributed by atoms with E-state index in [0.717, 1.165) is 4.31 Å². The molecule has 0 bridgehead atoms. The van der Waals surface area contributed by atoms with Crippen LogP contribution in [0.1, 0.15) is 47.1 Å². The van der Waals surface area contributed by atoms with E-state index in [1.165, 1.54) is 6.07 Å². The van der Waals surface area contributed by atoms with Crippen molar-refractivity contribution in [3.63, 3.8) is 0 Å². The fraction of sp³-hybridized carbons (Fsp3) is 0.294. The van der Waals surface area contributed by atoms with Gasteiger partial charge in [-0.05, 0) is 30.5 Å². The smallest absolute Gasteiger partial charge is 0.404 e. The molecule has 0 saturated carbocycles. The van der Waals surface area contributed by atoms with Crippen molar-refractivity contribution in [1.29, 1.82) is 0 Å². The second-order valence-electron chi connectivity index (χ2n) is 6.81. The van der Waals surface area contributed by atoms with Crippen molar-refractivity contribution in [3.05, 3.63) is 44.8 Å². The number of pyridine rings is 2. The number of carbonyl (C=O) groups excluding carboxylic acids is 1. The van der Waals surface area contributed by atoms with E-state index in [1.54, 1.807) is 26.8 Å². The lowest BCUT2D eigenvalue weighted by Gasteiger charge is -2.32. The summed E-state index contributed by atoms with van der Waals surface area (Å²) >= 11 is 12.0. The first-order valence-electron chi connectivity index (χ1n) is 8.63. The maximum atomic E-state index is 12.9. The third-order valence-corrected chi connectivity index (χ3v) is 6.20. The number of aryl methyl sites for hydroxylation is 1. The van der Waals surface area contributed by atoms with Crippen molar-refractivity contribution in [2.75, 3.05) is 4.31 Å². The van der Waals surface area contributed by atoms with Gasteiger partial charge in [0.05, 0.1) is 34.2 Å². The van der Waals surface area contributed by atoms with Gasteiger partial charge in [0.2, 0.25) is 0 Å². The maximum absolute atomic E-state index is 12.9. The Morgan fingerprint density at radius 3 is 2.57 bits per heavy atom. The molecule has 0 spiro atoms. The molecule has 3 N–H and O–H groups in total. The standard InChI is InChI=1S/C17H17Cl2N5O5S/c1-7(2)12-13(8(3)4-9(21-12)6-20-17(26)27)24-15-10(5-11(18)14(19)22-15)16(25)23-30(24,28)29/h4-5,7,20H,6H2,1-3H3,(H,23,25)(H,26,27). The SMILES string of the molecule is Cc1cc(CNC(=O)O)nc(C(C)C)c1N1c2nc(Cl)c(Cl)cc2C(=O)NS1(=O)=O. The Morgan fingerprint density at radius 1 is 1.30 bits per heavy atom. The number of carboxylic acid groups (broad SMARTS) is 1. The predicted molar refractivity (Wildman–Crippen MR) is 111 cm³/mol. The summed E-state index contributed by atoms with van der Waals surface area (Å²) in [6, 6.07) is 2.80. The minimum atomic E-state index is -4.37. The van der Waals surface area contributed by atoms with Crippen LogP contribution < -0.4 is 14.3 Å². The van der Waals surface area contributed by atoms with E-state index in [2.05, 4.69) is 15.3 Å². The Hall–Kier alpha value is -2.63. The van der Waals surface area contributed by atoms with Gasteiger partial charge in [0.15, 0.2) is 5.82 Å². The monoisotopic (exact) mass is 473 g/mol. The van der Waals surface area contributed by atoms with Crippen LogP contribution in [-0.4, -0.2) is 35.5 Å². The van der Waals surface area contributed by atoms with Gasteiger partial charge in [-0.15, -0.1) is 0 Å². The number of aromatic nitrogens is 2. The number of fused-ring (bicyclic) bond motifs is 1. The van der Waals surface area contributed by atoms with Crippen LogP contribution in [0.25, 0.3) is 0 Å². The maximum Gasteiger partial charge on any atom is 0.404 e. The van der Waals surface area contributed by atoms with E-state index in [-0.39, 0.29) is 39.7 Å². The van der Waals surface area contributed by atoms with Crippen molar-refractivity contribution in [2.45, 2.75) is 33.2 Å². The molecule has 0 aliphatic carbocycles. The molecule has 2 aromatic heterocycles. The van der Waals surface area contributed by atoms with Gasteiger partial charge in [-0.2, -0.15) is 8.42 Å². The zero-order chi connectivity index (χ0) is 22.4. The number of nitrogens with zero attached hydrogens (tertiary/aromatic N) is 3. The van der Waals surface area contributed by atoms with Crippen molar-refractivity contribution in [2.24, 2.45) is 0 Å². The normalized spacial score (nSPS) is 15.0. The minimum Gasteiger partial charge on any atom is -0.465 e. The molecule has 0 atom stereocenters. The lowest BCUT2D eigenvalue weighted by atomic mass is 10.0. The molecule has 0 saturated heterocycles. The highest BCUT2D eigenvalue weighted by molar-refractivity contribution is 7.92. The highest BCUT2D eigenvalue weighted by atomic mass is 35.5. The van der Waals surface area contributed by atoms with Gasteiger partial charge >= 0.3 is 16.3 Å². The van der Waals surface area contributed by atoms with E-state index < -0.39 is 22.2 Å². The Morgan fingerprint density at radius 2 is 1.97 bits per heavy atom. The van der Waals surface area contributed by atoms with E-state index in [0.29, 0.717) is 17.0 Å². The minimum absolute atomic E-state index is 0.00108. The molecule has 1 aliphatic heterocycles. The van der Waals surface area contributed by atoms with Gasteiger partial charge in [-0.25, -0.2) is 18.8 Å². The summed E-state index contributed by atoms with van der Waals surface area (Å²) in [4.78, 5) is 31.6. The van der Waals surface area contributed by atoms with Crippen LogP contribution in [0.2, 0.25) is 10.2 Å². The summed E-state index contributed by atoms with van der Waals surface area (Å²) in [5.41, 5.74) is 1.38. The molecule has 10 nitrogen and oxygen atoms in total. The molecule has 13 heteroatoms. The molecule has 0 aromatic carbocycles. The van der Waals surface area contributed by atoms with E-state index in [4.69, 9.17) is 28.3 Å². The first-order valence-corrected chi connectivity index (χ1v) is 10.8. The van der Waals surface area contributed by atoms with E-state index in [1.807, 2.05) is 4.72 Å². The van der Waals surface area contributed by atoms with Crippen molar-refractivity contribution in [3.8, 4) is 0 Å². The molecule has 30 heavy (non-hydrogen) atoms. The number of anilines is 2. The molecule has 0 unspecified atom stereocenters. The van der Waals surface area contributed by atoms with Gasteiger partial charge in [-0.1, -0.05) is 37.0 Å². The number of hydrogen-bond donors (Lipinski definition) is 3. The third kappa shape index (κ3) is 4.00. The zero-order valence-corrected chi connectivity index (χ0v) is 18.4. The lowest BCUT2D eigenvalue weighted by molar-refractivity contribution is 0.0979. The quantitative estimate of drug-likeness (QED) is 0.578. The molecule has 160 valence electrons. The second kappa shape index (κ2) is 7.89. The molecule has 2 aromatic rings. The summed E-state index contributed by atoms with van der Waals surface area (Å²) < 4.78 is 28.7. The van der Waals surface area contributed by atoms with E-state index >= 15 is 0 Å². The van der Waals surface area contributed by atoms with Gasteiger partial charge in [0.25, 0.3) is 5.91 Å². The largest absolute Gasteiger partial charge is 0.465 e. The second-order valence-corrected chi connectivity index (χ2v) is 9.10. The number of carbonyl (C=O) groups is 2. The van der Waals surface area contributed by atoms with Gasteiger partial charge < -0.3 is 10.4 Å². The average Bonchev–Trinajstić information content (AvgIpc) is 2.62. The first-order chi connectivity index (χ1) is 13.9. The first kappa shape index (κ1) is 22.1. The Labute approximate surface area is 182 Å². The van der Waals surface area contributed by atoms with Crippen LogP contribution >= 0.6 is 23.2 Å². The molecule has 3 heterocycles. The topological polar surface area (TPSA) is 142 Å². The van der Waals surface area contributed by atoms with Crippen molar-refractivity contribution < 1.29 is 23.1 Å². The highest BCUT2D eigenvalue weighted by Gasteiger charge is 2.40. The molecule has 3 rings (SSSR count). The summed E-state index contributed by atoms with van der Waals surface area (Å²) in [5, 5.41) is 10.9. The molecular weight excluding hydrogens is 457 g/mol. The summed E-state index contributed by atoms with van der Waals surface area (Å²) in [6.07, 6.45) is -1.21. The molecule has 1 aliphatic rings. The molecule has 0 radical (unpaired) electrons. The molecular formula is C17H17Cl2N5O5S. The third-order valence-electron chi connectivity index (χ3n) is 4.25. The summed E-state index contributed by atoms with van der Waals surface area (Å²) in [5.74, 6) is -1.33. The Kier molecular flexibility index (Phi) is 5.81. The van der Waals surface area contributed by atoms with Crippen LogP contribution in [0.4, 0.5) is 16.3 Å². The van der Waals surface area contributed by atoms with Gasteiger partial charge in [0.1, 0.15) is 5.15 Å². The van der Waals surface area contributed by atoms with Crippen LogP contribution in [0.15, 0.2) is 12.1 Å². The van der Waals surface area contributed by atoms with Crippen LogP contribution in [-0.2, 0) is 16.8 Å². The summed E-state index contributed by atoms with van der Waals surface area (Å²) in [6.45, 7) is 5.20. The Balaban J connectivity index is 2.28. The van der Waals surface area contributed by atoms with E-state index in [9.17, 15) is 18.0 Å². The number of amides is 2. The van der Waals surface area contributed by atoms with Gasteiger partial charge in [-0.3, -0.25) is 9.78 Å². The van der Waals surface area contributed by atoms with Gasteiger partial charge in [0, 0.05) is 0 Å².